The third kappa shape index (κ3) is 10.9. The number of amides is 1. The highest BCUT2D eigenvalue weighted by Crippen LogP contribution is 2.00. The topological polar surface area (TPSA) is 55.4 Å². The Hall–Kier alpha value is -1.06. The van der Waals surface area contributed by atoms with Gasteiger partial charge in [0.15, 0.2) is 0 Å². The van der Waals surface area contributed by atoms with Gasteiger partial charge in [0.05, 0.1) is 6.61 Å². The third-order valence-electron chi connectivity index (χ3n) is 1.89. The molecular weight excluding hydrogens is 194 g/mol. The van der Waals surface area contributed by atoms with Crippen LogP contribution >= 0.6 is 0 Å². The summed E-state index contributed by atoms with van der Waals surface area (Å²) in [4.78, 5) is 21.6. The molecule has 0 saturated carbocycles. The normalized spacial score (nSPS) is 10.1. The first-order valence-corrected chi connectivity index (χ1v) is 5.42. The van der Waals surface area contributed by atoms with Crippen LogP contribution in [0.25, 0.3) is 0 Å². The Morgan fingerprint density at radius 3 is 2.53 bits per heavy atom. The Morgan fingerprint density at radius 2 is 2.00 bits per heavy atom. The number of hydrogen-bond acceptors (Lipinski definition) is 3. The molecule has 88 valence electrons. The standard InChI is InChI=1S/C11H21NO3/c1-9(2)6-8-15-11(14)5-4-7-12-10(3)13/h9H,4-8H2,1-3H3,(H,12,13). The second-order valence-electron chi connectivity index (χ2n) is 3.99. The zero-order valence-electron chi connectivity index (χ0n) is 9.84. The van der Waals surface area contributed by atoms with E-state index in [9.17, 15) is 9.59 Å². The van der Waals surface area contributed by atoms with E-state index < -0.39 is 0 Å². The van der Waals surface area contributed by atoms with Gasteiger partial charge in [-0.3, -0.25) is 9.59 Å². The van der Waals surface area contributed by atoms with Crippen molar-refractivity contribution in [3.8, 4) is 0 Å². The zero-order valence-corrected chi connectivity index (χ0v) is 9.84. The summed E-state index contributed by atoms with van der Waals surface area (Å²) < 4.78 is 5.01. The Balaban J connectivity index is 3.30. The minimum Gasteiger partial charge on any atom is -0.466 e. The lowest BCUT2D eigenvalue weighted by atomic mass is 10.1. The fourth-order valence-electron chi connectivity index (χ4n) is 0.978. The maximum absolute atomic E-state index is 11.1. The van der Waals surface area contributed by atoms with Crippen LogP contribution in [0.2, 0.25) is 0 Å². The first-order valence-electron chi connectivity index (χ1n) is 5.42. The van der Waals surface area contributed by atoms with Crippen molar-refractivity contribution in [1.82, 2.24) is 5.32 Å². The summed E-state index contributed by atoms with van der Waals surface area (Å²) in [5, 5.41) is 2.63. The van der Waals surface area contributed by atoms with E-state index in [0.29, 0.717) is 31.9 Å². The Bertz CT molecular complexity index is 202. The smallest absolute Gasteiger partial charge is 0.305 e. The van der Waals surface area contributed by atoms with Gasteiger partial charge in [-0.15, -0.1) is 0 Å². The summed E-state index contributed by atoms with van der Waals surface area (Å²) in [5.74, 6) is 0.307. The van der Waals surface area contributed by atoms with Gasteiger partial charge >= 0.3 is 5.97 Å². The summed E-state index contributed by atoms with van der Waals surface area (Å²) in [7, 11) is 0. The lowest BCUT2D eigenvalue weighted by Gasteiger charge is -2.06. The summed E-state index contributed by atoms with van der Waals surface area (Å²) in [5.41, 5.74) is 0. The number of esters is 1. The van der Waals surface area contributed by atoms with E-state index in [2.05, 4.69) is 19.2 Å². The molecule has 0 spiro atoms. The predicted molar refractivity (Wildman–Crippen MR) is 58.3 cm³/mol. The molecule has 0 aromatic carbocycles. The van der Waals surface area contributed by atoms with Crippen LogP contribution in [0.1, 0.15) is 40.0 Å². The van der Waals surface area contributed by atoms with Crippen molar-refractivity contribution in [2.75, 3.05) is 13.2 Å². The van der Waals surface area contributed by atoms with Crippen molar-refractivity contribution >= 4 is 11.9 Å². The second kappa shape index (κ2) is 8.26. The van der Waals surface area contributed by atoms with Crippen LogP contribution in [0, 0.1) is 5.92 Å². The van der Waals surface area contributed by atoms with E-state index in [-0.39, 0.29) is 11.9 Å². The van der Waals surface area contributed by atoms with Crippen molar-refractivity contribution in [3.63, 3.8) is 0 Å². The number of rotatable bonds is 7. The van der Waals surface area contributed by atoms with Gasteiger partial charge < -0.3 is 10.1 Å². The minimum absolute atomic E-state index is 0.0665. The van der Waals surface area contributed by atoms with Gasteiger partial charge in [-0.1, -0.05) is 13.8 Å². The SMILES string of the molecule is CC(=O)NCCCC(=O)OCCC(C)C. The van der Waals surface area contributed by atoms with Crippen molar-refractivity contribution in [2.45, 2.75) is 40.0 Å². The third-order valence-corrected chi connectivity index (χ3v) is 1.89. The van der Waals surface area contributed by atoms with Crippen molar-refractivity contribution < 1.29 is 14.3 Å². The van der Waals surface area contributed by atoms with Crippen LogP contribution < -0.4 is 5.32 Å². The molecule has 15 heavy (non-hydrogen) atoms. The first kappa shape index (κ1) is 13.9. The summed E-state index contributed by atoms with van der Waals surface area (Å²) in [6.45, 7) is 6.67. The van der Waals surface area contributed by atoms with E-state index in [1.807, 2.05) is 0 Å². The van der Waals surface area contributed by atoms with Gasteiger partial charge in [0.25, 0.3) is 0 Å². The Labute approximate surface area is 91.4 Å². The molecule has 0 aliphatic rings. The minimum atomic E-state index is -0.180. The molecule has 1 N–H and O–H groups in total. The predicted octanol–water partition coefficient (Wildman–Crippen LogP) is 1.49. The second-order valence-corrected chi connectivity index (χ2v) is 3.99. The molecule has 0 aliphatic heterocycles. The number of ether oxygens (including phenoxy) is 1. The fourth-order valence-corrected chi connectivity index (χ4v) is 0.978. The van der Waals surface area contributed by atoms with Crippen LogP contribution in [0.3, 0.4) is 0 Å². The molecule has 0 bridgehead atoms. The molecule has 0 radical (unpaired) electrons. The van der Waals surface area contributed by atoms with Crippen LogP contribution in [0.4, 0.5) is 0 Å². The van der Waals surface area contributed by atoms with E-state index in [1.165, 1.54) is 6.92 Å². The quantitative estimate of drug-likeness (QED) is 0.517. The highest BCUT2D eigenvalue weighted by molar-refractivity contribution is 5.73. The van der Waals surface area contributed by atoms with Gasteiger partial charge in [-0.05, 0) is 18.8 Å². The molecule has 0 heterocycles. The highest BCUT2D eigenvalue weighted by Gasteiger charge is 2.03. The largest absolute Gasteiger partial charge is 0.466 e. The Kier molecular flexibility index (Phi) is 7.68. The zero-order chi connectivity index (χ0) is 11.7. The molecule has 0 unspecified atom stereocenters. The molecule has 0 aromatic rings. The molecule has 0 atom stereocenters. The van der Waals surface area contributed by atoms with Crippen molar-refractivity contribution in [1.29, 1.82) is 0 Å². The van der Waals surface area contributed by atoms with Crippen LogP contribution in [-0.2, 0) is 14.3 Å². The number of hydrogen-bond donors (Lipinski definition) is 1. The molecule has 0 fully saturated rings. The van der Waals surface area contributed by atoms with Gasteiger partial charge in [-0.2, -0.15) is 0 Å². The summed E-state index contributed by atoms with van der Waals surface area (Å²) in [6.07, 6.45) is 1.91. The van der Waals surface area contributed by atoms with Gasteiger partial charge in [0, 0.05) is 19.9 Å². The molecule has 0 aliphatic carbocycles. The van der Waals surface area contributed by atoms with E-state index in [1.54, 1.807) is 0 Å². The van der Waals surface area contributed by atoms with Crippen molar-refractivity contribution in [3.05, 3.63) is 0 Å². The maximum atomic E-state index is 11.1. The van der Waals surface area contributed by atoms with Gasteiger partial charge in [-0.25, -0.2) is 0 Å². The number of carbonyl (C=O) groups excluding carboxylic acids is 2. The molecule has 0 rings (SSSR count). The van der Waals surface area contributed by atoms with E-state index in [0.717, 1.165) is 6.42 Å². The molecule has 4 heteroatoms. The molecule has 0 saturated heterocycles. The number of carbonyl (C=O) groups is 2. The fraction of sp³-hybridized carbons (Fsp3) is 0.818. The molecule has 0 aromatic heterocycles. The summed E-state index contributed by atoms with van der Waals surface area (Å²) >= 11 is 0. The van der Waals surface area contributed by atoms with E-state index >= 15 is 0 Å². The van der Waals surface area contributed by atoms with Crippen molar-refractivity contribution in [2.24, 2.45) is 5.92 Å². The monoisotopic (exact) mass is 215 g/mol. The molecule has 4 nitrogen and oxygen atoms in total. The van der Waals surface area contributed by atoms with E-state index in [4.69, 9.17) is 4.74 Å². The first-order chi connectivity index (χ1) is 7.02. The average molecular weight is 215 g/mol. The Morgan fingerprint density at radius 1 is 1.33 bits per heavy atom. The number of nitrogens with one attached hydrogen (secondary N) is 1. The van der Waals surface area contributed by atoms with Crippen LogP contribution in [-0.4, -0.2) is 25.0 Å². The van der Waals surface area contributed by atoms with Crippen LogP contribution in [0.5, 0.6) is 0 Å². The summed E-state index contributed by atoms with van der Waals surface area (Å²) in [6, 6.07) is 0. The molecular formula is C11H21NO3. The average Bonchev–Trinajstić information content (AvgIpc) is 2.11. The molecule has 1 amide bonds. The highest BCUT2D eigenvalue weighted by atomic mass is 16.5. The van der Waals surface area contributed by atoms with Gasteiger partial charge in [0.1, 0.15) is 0 Å². The van der Waals surface area contributed by atoms with Gasteiger partial charge in [0.2, 0.25) is 5.91 Å². The lowest BCUT2D eigenvalue weighted by Crippen LogP contribution is -2.21. The maximum Gasteiger partial charge on any atom is 0.305 e. The van der Waals surface area contributed by atoms with Crippen LogP contribution in [0.15, 0.2) is 0 Å². The lowest BCUT2D eigenvalue weighted by molar-refractivity contribution is -0.144.